The Balaban J connectivity index is 1.51. The van der Waals surface area contributed by atoms with Gasteiger partial charge in [-0.05, 0) is 61.7 Å². The number of aliphatic hydroxyl groups is 3. The highest BCUT2D eigenvalue weighted by atomic mass is 16.6. The average Bonchev–Trinajstić information content (AvgIpc) is 3.22. The molecule has 2 aromatic carbocycles. The molecule has 4 aliphatic rings. The van der Waals surface area contributed by atoms with E-state index < -0.39 is 113 Å². The lowest BCUT2D eigenvalue weighted by molar-refractivity contribution is -0.346. The molecule has 62 heavy (non-hydrogen) atoms. The molecule has 1 heterocycles. The molecule has 1 amide bonds. The number of rotatable bonds is 13. The second kappa shape index (κ2) is 17.8. The summed E-state index contributed by atoms with van der Waals surface area (Å²) in [6.07, 6.45) is -7.71. The molecule has 2 bridgehead atoms. The van der Waals surface area contributed by atoms with Gasteiger partial charge in [0.15, 0.2) is 23.6 Å². The van der Waals surface area contributed by atoms with Crippen LogP contribution in [0.1, 0.15) is 95.6 Å². The molecule has 3 aliphatic carbocycles. The van der Waals surface area contributed by atoms with Gasteiger partial charge in [0, 0.05) is 45.6 Å². The Morgan fingerprint density at radius 3 is 2.19 bits per heavy atom. The molecular weight excluding hydrogens is 805 g/mol. The van der Waals surface area contributed by atoms with E-state index in [0.29, 0.717) is 18.4 Å². The lowest BCUT2D eigenvalue weighted by Gasteiger charge is -2.67. The number of Topliss-reactive ketones (excluding diaryl/α,β-unsaturated/α-hetero) is 1. The van der Waals surface area contributed by atoms with Crippen LogP contribution in [0.5, 0.6) is 0 Å². The van der Waals surface area contributed by atoms with Gasteiger partial charge in [0.1, 0.15) is 23.9 Å². The molecule has 1 saturated heterocycles. The van der Waals surface area contributed by atoms with Crippen molar-refractivity contribution in [3.63, 3.8) is 0 Å². The van der Waals surface area contributed by atoms with Crippen LogP contribution in [0, 0.1) is 16.7 Å². The normalized spacial score (nSPS) is 32.1. The van der Waals surface area contributed by atoms with E-state index in [1.165, 1.54) is 26.0 Å². The maximum absolute atomic E-state index is 15.5. The highest BCUT2D eigenvalue weighted by Gasteiger charge is 2.78. The van der Waals surface area contributed by atoms with Gasteiger partial charge in [-0.2, -0.15) is 0 Å². The largest absolute Gasteiger partial charge is 0.456 e. The van der Waals surface area contributed by atoms with Gasteiger partial charge in [-0.3, -0.25) is 19.2 Å². The van der Waals surface area contributed by atoms with Crippen LogP contribution in [0.3, 0.4) is 0 Å². The van der Waals surface area contributed by atoms with E-state index in [4.69, 9.17) is 23.7 Å². The molecule has 0 spiro atoms. The highest BCUT2D eigenvalue weighted by molar-refractivity contribution is 5.95. The van der Waals surface area contributed by atoms with Crippen molar-refractivity contribution in [3.8, 4) is 0 Å². The average molecular weight is 861 g/mol. The summed E-state index contributed by atoms with van der Waals surface area (Å²) in [5.41, 5.74) is -7.21. The van der Waals surface area contributed by atoms with Crippen LogP contribution in [0.2, 0.25) is 0 Å². The predicted octanol–water partition coefficient (Wildman–Crippen LogP) is 3.29. The number of unbranched alkanes of at least 4 members (excludes halogenated alkanes) is 1. The van der Waals surface area contributed by atoms with Gasteiger partial charge in [-0.25, -0.2) is 9.59 Å². The first-order valence-electron chi connectivity index (χ1n) is 20.8. The van der Waals surface area contributed by atoms with Crippen molar-refractivity contribution in [2.75, 3.05) is 13.7 Å². The Morgan fingerprint density at radius 1 is 0.968 bits per heavy atom. The van der Waals surface area contributed by atoms with Crippen LogP contribution < -0.4 is 5.32 Å². The fourth-order valence-electron chi connectivity index (χ4n) is 10.1. The molecule has 16 heteroatoms. The van der Waals surface area contributed by atoms with Gasteiger partial charge in [-0.1, -0.05) is 62.4 Å². The lowest BCUT2D eigenvalue weighted by Crippen LogP contribution is -2.82. The fourth-order valence-corrected chi connectivity index (χ4v) is 10.1. The number of hydrogen-bond donors (Lipinski definition) is 4. The molecule has 2 aromatic rings. The van der Waals surface area contributed by atoms with Crippen molar-refractivity contribution in [1.29, 1.82) is 0 Å². The summed E-state index contributed by atoms with van der Waals surface area (Å²) in [5.74, 6) is -6.66. The number of benzene rings is 2. The Bertz CT molecular complexity index is 2120. The molecule has 334 valence electrons. The molecule has 6 rings (SSSR count). The van der Waals surface area contributed by atoms with Crippen LogP contribution in [0.4, 0.5) is 0 Å². The summed E-state index contributed by atoms with van der Waals surface area (Å²) in [6, 6.07) is 14.9. The lowest BCUT2D eigenvalue weighted by atomic mass is 9.44. The molecule has 16 nitrogen and oxygen atoms in total. The third-order valence-electron chi connectivity index (χ3n) is 13.4. The minimum absolute atomic E-state index is 0.00317. The number of amides is 1. The summed E-state index contributed by atoms with van der Waals surface area (Å²) >= 11 is 0. The monoisotopic (exact) mass is 860 g/mol. The van der Waals surface area contributed by atoms with Gasteiger partial charge in [0.25, 0.3) is 0 Å². The van der Waals surface area contributed by atoms with Crippen molar-refractivity contribution in [1.82, 2.24) is 5.32 Å². The van der Waals surface area contributed by atoms with E-state index in [0.717, 1.165) is 13.8 Å². The van der Waals surface area contributed by atoms with E-state index >= 15 is 4.79 Å². The van der Waals surface area contributed by atoms with E-state index in [2.05, 4.69) is 10.3 Å². The number of ether oxygens (including phenoxy) is 5. The minimum atomic E-state index is -2.38. The molecule has 1 aliphatic heterocycles. The zero-order valence-electron chi connectivity index (χ0n) is 36.0. The number of esters is 4. The van der Waals surface area contributed by atoms with E-state index in [9.17, 15) is 39.3 Å². The molecule has 0 unspecified atom stereocenters. The Kier molecular flexibility index (Phi) is 13.3. The van der Waals surface area contributed by atoms with Gasteiger partial charge in [-0.15, -0.1) is 0 Å². The standard InChI is InChI=1S/C46H56N2O14/c1-25-30(60-42(56)36(53)35(28-16-10-8-11-17-28)48-33(52)20-14-15-21-47-7)23-46(57)40(61-41(55)29-18-12-9-13-19-29)38-44(6,31(51)22-32-45(38,24-58-32)62-27(3)50)39(54)37(59-26(2)49)34(25)43(46,4)5/h8-13,16-19,21,30-32,35-38,40,51,53,57H,14-15,20,22-24H2,1-7H3,(H,48,52)/t30-,31-,32+,35+,36+,37+,38-,40-,44+,45-,46+/m0/s1. The first-order chi connectivity index (χ1) is 29.2. The number of aliphatic imine (C=N–C) groups is 1. The number of nitrogens with zero attached hydrogens (tertiary/aromatic N) is 1. The van der Waals surface area contributed by atoms with Crippen molar-refractivity contribution < 1.29 is 67.8 Å². The van der Waals surface area contributed by atoms with E-state index in [1.807, 2.05) is 0 Å². The van der Waals surface area contributed by atoms with Crippen molar-refractivity contribution in [3.05, 3.63) is 82.9 Å². The number of nitrogens with one attached hydrogen (secondary N) is 1. The fraction of sp³-hybridized carbons (Fsp3) is 0.543. The van der Waals surface area contributed by atoms with Crippen LogP contribution >= 0.6 is 0 Å². The van der Waals surface area contributed by atoms with Crippen molar-refractivity contribution >= 4 is 41.8 Å². The Morgan fingerprint density at radius 2 is 1.61 bits per heavy atom. The molecule has 2 saturated carbocycles. The SMILES string of the molecule is CN=CCCCC(=O)N[C@H](c1ccccc1)[C@@H](O)C(=O)O[C@H]1C[C@@]2(O)[C@@H](OC(=O)c3ccccc3)[C@@H]3[C@]4(OC(C)=O)CO[C@@H]4C[C@H](O)[C@@]3(C)C(=O)[C@H](OC(C)=O)C(=C1C)C2(C)C. The van der Waals surface area contributed by atoms with E-state index in [-0.39, 0.29) is 36.2 Å². The van der Waals surface area contributed by atoms with Crippen LogP contribution in [0.15, 0.2) is 76.8 Å². The second-order valence-electron chi connectivity index (χ2n) is 17.4. The van der Waals surface area contributed by atoms with Crippen LogP contribution in [-0.2, 0) is 47.7 Å². The number of fused-ring (bicyclic) bond motifs is 5. The first kappa shape index (κ1) is 46.2. The predicted molar refractivity (Wildman–Crippen MR) is 220 cm³/mol. The molecular formula is C46H56N2O14. The Hall–Kier alpha value is -5.29. The molecule has 0 radical (unpaired) electrons. The Labute approximate surface area is 360 Å². The summed E-state index contributed by atoms with van der Waals surface area (Å²) in [4.78, 5) is 87.0. The number of ketones is 1. The summed E-state index contributed by atoms with van der Waals surface area (Å²) < 4.78 is 30.3. The molecule has 11 atom stereocenters. The van der Waals surface area contributed by atoms with Crippen molar-refractivity contribution in [2.45, 2.75) is 128 Å². The molecule has 3 fully saturated rings. The third kappa shape index (κ3) is 8.09. The zero-order valence-corrected chi connectivity index (χ0v) is 36.0. The second-order valence-corrected chi connectivity index (χ2v) is 17.4. The van der Waals surface area contributed by atoms with E-state index in [1.54, 1.807) is 75.6 Å². The highest BCUT2D eigenvalue weighted by Crippen LogP contribution is 2.64. The van der Waals surface area contributed by atoms with Crippen LogP contribution in [0.25, 0.3) is 0 Å². The van der Waals surface area contributed by atoms with Gasteiger partial charge in [0.2, 0.25) is 5.91 Å². The van der Waals surface area contributed by atoms with Gasteiger partial charge < -0.3 is 49.3 Å². The maximum atomic E-state index is 15.5. The smallest absolute Gasteiger partial charge is 0.338 e. The van der Waals surface area contributed by atoms with Crippen LogP contribution in [-0.4, -0.2) is 119 Å². The first-order valence-corrected chi connectivity index (χ1v) is 20.8. The quantitative estimate of drug-likeness (QED) is 0.0745. The topological polar surface area (TPSA) is 234 Å². The zero-order chi connectivity index (χ0) is 45.4. The minimum Gasteiger partial charge on any atom is -0.456 e. The third-order valence-corrected chi connectivity index (χ3v) is 13.4. The molecule has 4 N–H and O–H groups in total. The number of hydrogen-bond acceptors (Lipinski definition) is 15. The summed E-state index contributed by atoms with van der Waals surface area (Å²) in [7, 11) is 1.62. The maximum Gasteiger partial charge on any atom is 0.338 e. The van der Waals surface area contributed by atoms with Gasteiger partial charge in [0.05, 0.1) is 35.6 Å². The number of carbonyl (C=O) groups is 6. The number of aliphatic hydroxyl groups excluding tert-OH is 2. The molecule has 0 aromatic heterocycles. The van der Waals surface area contributed by atoms with Gasteiger partial charge >= 0.3 is 23.9 Å². The summed E-state index contributed by atoms with van der Waals surface area (Å²) in [5, 5.41) is 40.2. The summed E-state index contributed by atoms with van der Waals surface area (Å²) in [6.45, 7) is 7.99. The number of carbonyl (C=O) groups excluding carboxylic acids is 6. The van der Waals surface area contributed by atoms with Crippen molar-refractivity contribution in [2.24, 2.45) is 21.7 Å².